The van der Waals surface area contributed by atoms with Crippen molar-refractivity contribution in [1.29, 1.82) is 0 Å². The zero-order valence-corrected chi connectivity index (χ0v) is 26.3. The van der Waals surface area contributed by atoms with E-state index in [0.29, 0.717) is 39.6 Å². The van der Waals surface area contributed by atoms with Crippen LogP contribution in [-0.2, 0) is 0 Å². The molecule has 0 aliphatic carbocycles. The molecule has 3 aromatic heterocycles. The summed E-state index contributed by atoms with van der Waals surface area (Å²) in [4.78, 5) is 14.2. The molecule has 7 aromatic carbocycles. The van der Waals surface area contributed by atoms with Crippen LogP contribution in [0.3, 0.4) is 0 Å². The first-order valence-corrected chi connectivity index (χ1v) is 16.1. The zero-order valence-electron chi connectivity index (χ0n) is 33.3. The molecule has 0 saturated heterocycles. The lowest BCUT2D eigenvalue weighted by Crippen LogP contribution is -2.00. The topological polar surface area (TPSA) is 56.7 Å². The van der Waals surface area contributed by atoms with Gasteiger partial charge in [0.1, 0.15) is 11.2 Å². The minimum absolute atomic E-state index is 0.00610. The molecule has 0 bridgehead atoms. The molecular weight excluding hydrogens is 613 g/mol. The molecule has 234 valence electrons. The van der Waals surface area contributed by atoms with Crippen LogP contribution in [0.1, 0.15) is 9.60 Å². The van der Waals surface area contributed by atoms with Crippen molar-refractivity contribution in [3.05, 3.63) is 170 Å². The predicted octanol–water partition coefficient (Wildman–Crippen LogP) is 11.5. The summed E-state index contributed by atoms with van der Waals surface area (Å²) in [6, 6.07) is 37.5. The Labute approximate surface area is 297 Å². The molecule has 10 aromatic rings. The molecule has 5 nitrogen and oxygen atoms in total. The fourth-order valence-corrected chi connectivity index (χ4v) is 6.52. The van der Waals surface area contributed by atoms with Gasteiger partial charge in [-0.2, -0.15) is 0 Å². The normalized spacial score (nSPS) is 13.6. The van der Waals surface area contributed by atoms with Crippen molar-refractivity contribution >= 4 is 43.7 Å². The number of hydrogen-bond acceptors (Lipinski definition) is 4. The van der Waals surface area contributed by atoms with Gasteiger partial charge in [-0.1, -0.05) is 115 Å². The van der Waals surface area contributed by atoms with E-state index in [-0.39, 0.29) is 63.4 Å². The van der Waals surface area contributed by atoms with E-state index in [0.717, 1.165) is 21.9 Å². The highest BCUT2D eigenvalue weighted by atomic mass is 16.3. The molecule has 0 atom stereocenters. The molecule has 3 heterocycles. The number of fused-ring (bicyclic) bond motifs is 6. The van der Waals surface area contributed by atoms with Crippen LogP contribution in [0.5, 0.6) is 0 Å². The molecule has 0 aliphatic heterocycles. The molecule has 0 saturated carbocycles. The van der Waals surface area contributed by atoms with Crippen molar-refractivity contribution in [3.63, 3.8) is 0 Å². The number of furan rings is 1. The predicted molar refractivity (Wildman–Crippen MR) is 203 cm³/mol. The van der Waals surface area contributed by atoms with Gasteiger partial charge in [-0.05, 0) is 59.6 Å². The standard InChI is InChI=1S/C45H28N4O/c1-4-12-29(13-5-1)32-21-25-41-38(26-32)36-23-22-34(28-42(36)50-41)49-39-19-11-10-18-35(39)37-27-33(20-24-40(37)49)45-47-43(30-14-6-2-7-15-30)46-44(48-45)31-16-8-3-9-17-31/h1-28H/i10D,11D,18D,19D,20D,24D,27D. The van der Waals surface area contributed by atoms with Gasteiger partial charge in [0.05, 0.1) is 20.6 Å². The summed E-state index contributed by atoms with van der Waals surface area (Å²) in [6.07, 6.45) is 0. The average molecular weight is 648 g/mol. The third kappa shape index (κ3) is 4.67. The van der Waals surface area contributed by atoms with Crippen molar-refractivity contribution in [2.75, 3.05) is 0 Å². The molecule has 50 heavy (non-hydrogen) atoms. The Balaban J connectivity index is 1.26. The molecule has 0 fully saturated rings. The second-order valence-corrected chi connectivity index (χ2v) is 11.9. The van der Waals surface area contributed by atoms with Crippen molar-refractivity contribution in [1.82, 2.24) is 19.5 Å². The summed E-state index contributed by atoms with van der Waals surface area (Å²) < 4.78 is 72.1. The quantitative estimate of drug-likeness (QED) is 0.186. The Morgan fingerprint density at radius 2 is 1.06 bits per heavy atom. The number of para-hydroxylation sites is 1. The lowest BCUT2D eigenvalue weighted by Gasteiger charge is -2.10. The average Bonchev–Trinajstić information content (AvgIpc) is 3.81. The van der Waals surface area contributed by atoms with Gasteiger partial charge in [-0.25, -0.2) is 15.0 Å². The third-order valence-corrected chi connectivity index (χ3v) is 8.90. The van der Waals surface area contributed by atoms with Gasteiger partial charge < -0.3 is 8.98 Å². The first kappa shape index (κ1) is 21.9. The number of rotatable bonds is 5. The summed E-state index contributed by atoms with van der Waals surface area (Å²) >= 11 is 0. The first-order chi connectivity index (χ1) is 27.7. The summed E-state index contributed by atoms with van der Waals surface area (Å²) in [5, 5.41) is 1.86. The van der Waals surface area contributed by atoms with E-state index >= 15 is 0 Å². The Kier molecular flexibility index (Phi) is 4.99. The first-order valence-electron chi connectivity index (χ1n) is 19.6. The van der Waals surface area contributed by atoms with E-state index in [2.05, 4.69) is 6.07 Å². The summed E-state index contributed by atoms with van der Waals surface area (Å²) in [6.45, 7) is 0. The minimum atomic E-state index is -0.478. The van der Waals surface area contributed by atoms with Crippen molar-refractivity contribution in [3.8, 4) is 51.0 Å². The SMILES string of the molecule is [2H]c1c([2H])c([2H])c2c(c1[2H])c1c([2H])c(-c3nc(-c4ccccc4)nc(-c4ccccc4)n3)c([2H])c([2H])c1n2-c1ccc2c(c1)oc1ccc(-c3ccccc3)cc12. The Bertz CT molecular complexity index is 3200. The van der Waals surface area contributed by atoms with E-state index in [9.17, 15) is 4.11 Å². The van der Waals surface area contributed by atoms with Gasteiger partial charge in [0.25, 0.3) is 0 Å². The van der Waals surface area contributed by atoms with Crippen LogP contribution in [0.15, 0.2) is 174 Å². The van der Waals surface area contributed by atoms with Gasteiger partial charge in [0.15, 0.2) is 17.5 Å². The van der Waals surface area contributed by atoms with Crippen LogP contribution in [-0.4, -0.2) is 19.5 Å². The zero-order chi connectivity index (χ0) is 39.1. The second kappa shape index (κ2) is 11.4. The van der Waals surface area contributed by atoms with E-state index in [1.54, 1.807) is 16.7 Å². The number of nitrogens with zero attached hydrogens (tertiary/aromatic N) is 4. The molecule has 0 amide bonds. The van der Waals surface area contributed by atoms with Crippen LogP contribution in [0.25, 0.3) is 94.7 Å². The van der Waals surface area contributed by atoms with Crippen molar-refractivity contribution in [2.45, 2.75) is 0 Å². The monoisotopic (exact) mass is 647 g/mol. The lowest BCUT2D eigenvalue weighted by atomic mass is 10.0. The lowest BCUT2D eigenvalue weighted by molar-refractivity contribution is 0.668. The fraction of sp³-hybridized carbons (Fsp3) is 0. The highest BCUT2D eigenvalue weighted by Crippen LogP contribution is 2.38. The Morgan fingerprint density at radius 3 is 1.76 bits per heavy atom. The summed E-state index contributed by atoms with van der Waals surface area (Å²) in [7, 11) is 0. The van der Waals surface area contributed by atoms with Crippen LogP contribution in [0.4, 0.5) is 0 Å². The van der Waals surface area contributed by atoms with E-state index in [4.69, 9.17) is 24.9 Å². The molecule has 5 heteroatoms. The third-order valence-electron chi connectivity index (χ3n) is 8.90. The molecule has 0 unspecified atom stereocenters. The highest BCUT2D eigenvalue weighted by molar-refractivity contribution is 6.11. The highest BCUT2D eigenvalue weighted by Gasteiger charge is 2.18. The van der Waals surface area contributed by atoms with Gasteiger partial charge in [-0.3, -0.25) is 0 Å². The fourth-order valence-electron chi connectivity index (χ4n) is 6.52. The molecular formula is C45H28N4O. The van der Waals surface area contributed by atoms with Crippen LogP contribution in [0.2, 0.25) is 0 Å². The van der Waals surface area contributed by atoms with Gasteiger partial charge in [0.2, 0.25) is 0 Å². The van der Waals surface area contributed by atoms with Crippen LogP contribution < -0.4 is 0 Å². The van der Waals surface area contributed by atoms with Crippen molar-refractivity contribution < 1.29 is 14.0 Å². The summed E-state index contributed by atoms with van der Waals surface area (Å²) in [5.41, 5.74) is 5.19. The Hall–Kier alpha value is -6.85. The maximum absolute atomic E-state index is 9.72. The van der Waals surface area contributed by atoms with E-state index in [1.807, 2.05) is 109 Å². The molecule has 0 spiro atoms. The smallest absolute Gasteiger partial charge is 0.164 e. The number of aromatic nitrogens is 4. The van der Waals surface area contributed by atoms with Gasteiger partial charge >= 0.3 is 0 Å². The maximum Gasteiger partial charge on any atom is 0.164 e. The molecule has 0 radical (unpaired) electrons. The molecule has 10 rings (SSSR count). The van der Waals surface area contributed by atoms with Gasteiger partial charge in [0, 0.05) is 50.0 Å². The number of benzene rings is 7. The number of hydrogen-bond donors (Lipinski definition) is 0. The van der Waals surface area contributed by atoms with E-state index in [1.165, 1.54) is 0 Å². The van der Waals surface area contributed by atoms with Crippen LogP contribution >= 0.6 is 0 Å². The largest absolute Gasteiger partial charge is 0.456 e. The molecule has 0 N–H and O–H groups in total. The molecule has 0 aliphatic rings. The van der Waals surface area contributed by atoms with E-state index < -0.39 is 12.1 Å². The maximum atomic E-state index is 9.72. The second-order valence-electron chi connectivity index (χ2n) is 11.9. The van der Waals surface area contributed by atoms with Crippen LogP contribution in [0, 0.1) is 0 Å². The van der Waals surface area contributed by atoms with Crippen molar-refractivity contribution in [2.24, 2.45) is 0 Å². The van der Waals surface area contributed by atoms with Gasteiger partial charge in [-0.15, -0.1) is 0 Å². The summed E-state index contributed by atoms with van der Waals surface area (Å²) in [5.74, 6) is 0.613. The minimum Gasteiger partial charge on any atom is -0.456 e. The Morgan fingerprint density at radius 1 is 0.440 bits per heavy atom.